The fraction of sp³-hybridized carbons (Fsp3) is 0.167. The van der Waals surface area contributed by atoms with E-state index in [2.05, 4.69) is 10.3 Å². The van der Waals surface area contributed by atoms with E-state index in [0.717, 1.165) is 27.3 Å². The number of furan rings is 1. The number of aromatic nitrogens is 1. The summed E-state index contributed by atoms with van der Waals surface area (Å²) in [5, 5.41) is 14.5. The van der Waals surface area contributed by atoms with Crippen LogP contribution in [-0.4, -0.2) is 15.8 Å². The van der Waals surface area contributed by atoms with Crippen molar-refractivity contribution in [3.63, 3.8) is 0 Å². The number of ether oxygens (including phenoxy) is 1. The first-order valence-corrected chi connectivity index (χ1v) is 10.9. The summed E-state index contributed by atoms with van der Waals surface area (Å²) in [6, 6.07) is 15.9. The zero-order chi connectivity index (χ0) is 23.5. The Morgan fingerprint density at radius 1 is 1.09 bits per heavy atom. The summed E-state index contributed by atoms with van der Waals surface area (Å²) >= 11 is 1.38. The summed E-state index contributed by atoms with van der Waals surface area (Å²) in [7, 11) is 0. The highest BCUT2D eigenvalue weighted by atomic mass is 32.1. The number of carbonyl (C=O) groups excluding carboxylic acids is 1. The van der Waals surface area contributed by atoms with Crippen LogP contribution in [0.1, 0.15) is 32.3 Å². The lowest BCUT2D eigenvalue weighted by Crippen LogP contribution is -2.10. The van der Waals surface area contributed by atoms with Gasteiger partial charge in [-0.15, -0.1) is 11.3 Å². The van der Waals surface area contributed by atoms with Crippen LogP contribution < -0.4 is 10.1 Å². The normalized spacial score (nSPS) is 10.8. The number of amides is 1. The Bertz CT molecular complexity index is 1320. The second-order valence-corrected chi connectivity index (χ2v) is 8.73. The third-order valence-corrected chi connectivity index (χ3v) is 5.79. The molecule has 2 heterocycles. The molecule has 0 saturated heterocycles. The van der Waals surface area contributed by atoms with Gasteiger partial charge in [0.15, 0.2) is 16.6 Å². The van der Waals surface area contributed by atoms with E-state index >= 15 is 0 Å². The van der Waals surface area contributed by atoms with Gasteiger partial charge < -0.3 is 9.15 Å². The van der Waals surface area contributed by atoms with Crippen LogP contribution in [-0.2, 0) is 6.61 Å². The van der Waals surface area contributed by atoms with Crippen molar-refractivity contribution < 1.29 is 18.9 Å². The molecule has 0 aliphatic heterocycles. The van der Waals surface area contributed by atoms with Gasteiger partial charge in [-0.2, -0.15) is 0 Å². The summed E-state index contributed by atoms with van der Waals surface area (Å²) in [6.07, 6.45) is 0. The molecule has 0 atom stereocenters. The van der Waals surface area contributed by atoms with E-state index < -0.39 is 10.8 Å². The number of carbonyl (C=O) groups is 1. The highest BCUT2D eigenvalue weighted by Gasteiger charge is 2.18. The highest BCUT2D eigenvalue weighted by Crippen LogP contribution is 2.31. The molecular formula is C24H21N3O5S. The molecule has 0 aliphatic carbocycles. The number of anilines is 1. The van der Waals surface area contributed by atoms with Gasteiger partial charge in [-0.1, -0.05) is 35.9 Å². The molecule has 4 aromatic rings. The predicted molar refractivity (Wildman–Crippen MR) is 126 cm³/mol. The van der Waals surface area contributed by atoms with Gasteiger partial charge >= 0.3 is 5.69 Å². The van der Waals surface area contributed by atoms with Crippen LogP contribution in [0.15, 0.2) is 59.0 Å². The van der Waals surface area contributed by atoms with Crippen LogP contribution in [0.2, 0.25) is 0 Å². The number of thiazole rings is 1. The van der Waals surface area contributed by atoms with E-state index in [4.69, 9.17) is 9.15 Å². The quantitative estimate of drug-likeness (QED) is 0.263. The number of nitrogens with zero attached hydrogens (tertiary/aromatic N) is 2. The van der Waals surface area contributed by atoms with Crippen LogP contribution in [0.5, 0.6) is 5.75 Å². The largest absolute Gasteiger partial charge is 0.479 e. The molecule has 2 aromatic carbocycles. The van der Waals surface area contributed by atoms with Crippen LogP contribution in [0, 0.1) is 30.9 Å². The van der Waals surface area contributed by atoms with E-state index in [-0.39, 0.29) is 23.8 Å². The number of aryl methyl sites for hydroxylation is 3. The lowest BCUT2D eigenvalue weighted by Gasteiger charge is -2.05. The standard InChI is InChI=1S/C24H21N3O5S/c1-14-4-7-17(8-5-14)22-16(3)33-24(25-22)26-23(28)21-11-9-18(32-21)13-31-20-10-6-15(2)12-19(20)27(29)30/h4-12H,13H2,1-3H3,(H,25,26,28). The van der Waals surface area contributed by atoms with Gasteiger partial charge in [0.05, 0.1) is 10.6 Å². The van der Waals surface area contributed by atoms with Gasteiger partial charge in [-0.05, 0) is 44.5 Å². The van der Waals surface area contributed by atoms with Crippen molar-refractivity contribution in [2.24, 2.45) is 0 Å². The number of hydrogen-bond acceptors (Lipinski definition) is 7. The molecule has 0 radical (unpaired) electrons. The molecule has 4 rings (SSSR count). The Balaban J connectivity index is 1.42. The third-order valence-electron chi connectivity index (χ3n) is 4.91. The van der Waals surface area contributed by atoms with Gasteiger partial charge in [-0.3, -0.25) is 20.2 Å². The second kappa shape index (κ2) is 9.25. The molecule has 1 amide bonds. The number of nitrogens with one attached hydrogen (secondary N) is 1. The van der Waals surface area contributed by atoms with E-state index in [1.54, 1.807) is 25.1 Å². The molecule has 2 aromatic heterocycles. The first kappa shape index (κ1) is 22.2. The Morgan fingerprint density at radius 2 is 1.82 bits per heavy atom. The van der Waals surface area contributed by atoms with Crippen LogP contribution in [0.4, 0.5) is 10.8 Å². The molecule has 0 unspecified atom stereocenters. The maximum Gasteiger partial charge on any atom is 0.311 e. The molecular weight excluding hydrogens is 442 g/mol. The average molecular weight is 464 g/mol. The maximum absolute atomic E-state index is 12.6. The first-order chi connectivity index (χ1) is 15.8. The molecule has 1 N–H and O–H groups in total. The summed E-state index contributed by atoms with van der Waals surface area (Å²) in [5.41, 5.74) is 3.60. The monoisotopic (exact) mass is 463 g/mol. The fourth-order valence-electron chi connectivity index (χ4n) is 3.21. The molecule has 8 nitrogen and oxygen atoms in total. The van der Waals surface area contributed by atoms with E-state index in [1.807, 2.05) is 38.1 Å². The summed E-state index contributed by atoms with van der Waals surface area (Å²) in [6.45, 7) is 5.69. The molecule has 0 bridgehead atoms. The minimum absolute atomic E-state index is 0.0505. The molecule has 0 aliphatic rings. The van der Waals surface area contributed by atoms with Crippen LogP contribution in [0.3, 0.4) is 0 Å². The van der Waals surface area contributed by atoms with Gasteiger partial charge in [0, 0.05) is 16.5 Å². The minimum Gasteiger partial charge on any atom is -0.479 e. The Kier molecular flexibility index (Phi) is 6.23. The Labute approximate surface area is 194 Å². The number of nitro benzene ring substituents is 1. The van der Waals surface area contributed by atoms with Crippen molar-refractivity contribution in [1.82, 2.24) is 4.98 Å². The van der Waals surface area contributed by atoms with Crippen molar-refractivity contribution in [3.8, 4) is 17.0 Å². The van der Waals surface area contributed by atoms with Gasteiger partial charge in [0.25, 0.3) is 5.91 Å². The topological polar surface area (TPSA) is 108 Å². The first-order valence-electron chi connectivity index (χ1n) is 10.1. The highest BCUT2D eigenvalue weighted by molar-refractivity contribution is 7.16. The zero-order valence-corrected chi connectivity index (χ0v) is 19.1. The van der Waals surface area contributed by atoms with E-state index in [1.165, 1.54) is 23.5 Å². The number of rotatable bonds is 7. The summed E-state index contributed by atoms with van der Waals surface area (Å²) in [4.78, 5) is 28.9. The smallest absolute Gasteiger partial charge is 0.311 e. The predicted octanol–water partition coefficient (Wildman–Crippen LogP) is 6.07. The SMILES string of the molecule is Cc1ccc(-c2nc(NC(=O)c3ccc(COc4ccc(C)cc4[N+](=O)[O-])o3)sc2C)cc1. The van der Waals surface area contributed by atoms with Gasteiger partial charge in [0.1, 0.15) is 12.4 Å². The molecule has 33 heavy (non-hydrogen) atoms. The van der Waals surface area contributed by atoms with E-state index in [0.29, 0.717) is 10.9 Å². The molecule has 168 valence electrons. The van der Waals surface area contributed by atoms with Crippen LogP contribution in [0.25, 0.3) is 11.3 Å². The average Bonchev–Trinajstić information content (AvgIpc) is 3.40. The van der Waals surface area contributed by atoms with Crippen LogP contribution >= 0.6 is 11.3 Å². The summed E-state index contributed by atoms with van der Waals surface area (Å²) in [5.74, 6) is 0.157. The van der Waals surface area contributed by atoms with E-state index in [9.17, 15) is 14.9 Å². The van der Waals surface area contributed by atoms with Crippen molar-refractivity contribution in [2.45, 2.75) is 27.4 Å². The second-order valence-electron chi connectivity index (χ2n) is 7.53. The molecule has 0 saturated carbocycles. The molecule has 0 spiro atoms. The Morgan fingerprint density at radius 3 is 2.55 bits per heavy atom. The van der Waals surface area contributed by atoms with Crippen molar-refractivity contribution >= 4 is 28.1 Å². The lowest BCUT2D eigenvalue weighted by atomic mass is 10.1. The molecule has 0 fully saturated rings. The molecule has 9 heteroatoms. The number of nitro groups is 1. The van der Waals surface area contributed by atoms with Crippen molar-refractivity contribution in [2.75, 3.05) is 5.32 Å². The van der Waals surface area contributed by atoms with Crippen molar-refractivity contribution in [3.05, 3.63) is 92.2 Å². The van der Waals surface area contributed by atoms with Gasteiger partial charge in [0.2, 0.25) is 0 Å². The zero-order valence-electron chi connectivity index (χ0n) is 18.2. The van der Waals surface area contributed by atoms with Gasteiger partial charge in [-0.25, -0.2) is 4.98 Å². The minimum atomic E-state index is -0.496. The lowest BCUT2D eigenvalue weighted by molar-refractivity contribution is -0.386. The number of benzene rings is 2. The Hall–Kier alpha value is -3.98. The maximum atomic E-state index is 12.6. The third kappa shape index (κ3) is 5.09. The van der Waals surface area contributed by atoms with Crippen molar-refractivity contribution in [1.29, 1.82) is 0 Å². The fourth-order valence-corrected chi connectivity index (χ4v) is 4.04. The number of hydrogen-bond donors (Lipinski definition) is 1. The summed E-state index contributed by atoms with van der Waals surface area (Å²) < 4.78 is 11.1.